The van der Waals surface area contributed by atoms with Gasteiger partial charge in [0.05, 0.1) is 0 Å². The van der Waals surface area contributed by atoms with Crippen LogP contribution in [0.15, 0.2) is 104 Å². The zero-order valence-corrected chi connectivity index (χ0v) is 50.0. The molecule has 0 aliphatic rings. The number of carbonyl (C=O) groups excluding carboxylic acids is 2. The van der Waals surface area contributed by atoms with E-state index in [1.165, 1.54) is 130 Å². The van der Waals surface area contributed by atoms with E-state index in [2.05, 4.69) is 160 Å². The van der Waals surface area contributed by atoms with Crippen molar-refractivity contribution in [2.24, 2.45) is 5.73 Å². The number of nitrogens with two attached hydrogens (primary N) is 1. The van der Waals surface area contributed by atoms with Crippen LogP contribution in [0.2, 0.25) is 0 Å². The first-order valence-electron chi connectivity index (χ1n) is 31.7. The topological polar surface area (TPSA) is 99.5 Å². The molecule has 7 nitrogen and oxygen atoms in total. The molecule has 0 unspecified atom stereocenters. The minimum absolute atomic E-state index is 0.243. The molecule has 0 aromatic heterocycles. The number of imide groups is 1. The van der Waals surface area contributed by atoms with Gasteiger partial charge in [-0.1, -0.05) is 205 Å². The normalized spacial score (nSPS) is 11.8. The van der Waals surface area contributed by atoms with E-state index in [0.717, 1.165) is 137 Å². The number of fused-ring (bicyclic) bond motifs is 2. The molecule has 0 saturated carbocycles. The molecule has 80 heavy (non-hydrogen) atoms. The van der Waals surface area contributed by atoms with Gasteiger partial charge in [-0.3, -0.25) is 14.9 Å². The van der Waals surface area contributed by atoms with Crippen LogP contribution in [0.5, 0.6) is 0 Å². The van der Waals surface area contributed by atoms with Crippen molar-refractivity contribution >= 4 is 72.9 Å². The number of rotatable bonds is 39. The van der Waals surface area contributed by atoms with E-state index in [-0.39, 0.29) is 11.8 Å². The van der Waals surface area contributed by atoms with Crippen molar-refractivity contribution in [2.75, 3.05) is 36.4 Å². The van der Waals surface area contributed by atoms with Gasteiger partial charge in [-0.2, -0.15) is 0 Å². The van der Waals surface area contributed by atoms with Crippen molar-refractivity contribution in [1.82, 2.24) is 10.6 Å². The molecule has 428 valence electrons. The van der Waals surface area contributed by atoms with Gasteiger partial charge < -0.3 is 21.3 Å². The fourth-order valence-electron chi connectivity index (χ4n) is 12.9. The maximum absolute atomic E-state index is 15.0. The van der Waals surface area contributed by atoms with Crippen LogP contribution in [0.25, 0.3) is 71.4 Å². The Hall–Kier alpha value is -6.02. The highest BCUT2D eigenvalue weighted by Crippen LogP contribution is 2.52. The smallest absolute Gasteiger partial charge is 0.258 e. The zero-order chi connectivity index (χ0) is 56.6. The average Bonchev–Trinajstić information content (AvgIpc) is 3.55. The highest BCUT2D eigenvalue weighted by atomic mass is 16.2. The van der Waals surface area contributed by atoms with Gasteiger partial charge in [0.2, 0.25) is 6.41 Å². The molecule has 0 aliphatic heterocycles. The van der Waals surface area contributed by atoms with Gasteiger partial charge in [-0.05, 0) is 176 Å². The molecule has 7 heteroatoms. The molecule has 2 amide bonds. The summed E-state index contributed by atoms with van der Waals surface area (Å²) in [4.78, 5) is 29.8. The SMILES string of the molecule is C=CCN(CCC)c1ccc(-c2cc(C(=O)NC=O)c3c(C(CCCCCC)CCCCCC)ccc4c5c(-c6ccc(NCCCCN)cc6)cc(C=C)c6c(CNC(CCCCCC)CCCCCC)ccc(c2c34)c65)cc1. The second-order valence-corrected chi connectivity index (χ2v) is 23.0. The van der Waals surface area contributed by atoms with Crippen LogP contribution >= 0.6 is 0 Å². The lowest BCUT2D eigenvalue weighted by Crippen LogP contribution is -2.28. The van der Waals surface area contributed by atoms with Crippen molar-refractivity contribution in [2.45, 2.75) is 201 Å². The molecule has 0 radical (unpaired) electrons. The molecule has 0 saturated heterocycles. The summed E-state index contributed by atoms with van der Waals surface area (Å²) in [5.74, 6) is -0.126. The maximum atomic E-state index is 15.0. The van der Waals surface area contributed by atoms with E-state index >= 15 is 0 Å². The lowest BCUT2D eigenvalue weighted by molar-refractivity contribution is -0.108. The van der Waals surface area contributed by atoms with Crippen molar-refractivity contribution in [3.8, 4) is 22.3 Å². The van der Waals surface area contributed by atoms with Crippen molar-refractivity contribution in [3.05, 3.63) is 126 Å². The third-order valence-corrected chi connectivity index (χ3v) is 17.1. The van der Waals surface area contributed by atoms with Crippen LogP contribution in [0, 0.1) is 0 Å². The first-order chi connectivity index (χ1) is 39.3. The van der Waals surface area contributed by atoms with Crippen LogP contribution < -0.4 is 26.6 Å². The first kappa shape index (κ1) is 61.6. The summed E-state index contributed by atoms with van der Waals surface area (Å²) in [6.07, 6.45) is 31.6. The Morgan fingerprint density at radius 1 is 0.588 bits per heavy atom. The molecule has 5 N–H and O–H groups in total. The molecule has 0 aliphatic carbocycles. The van der Waals surface area contributed by atoms with Crippen LogP contribution in [0.3, 0.4) is 0 Å². The van der Waals surface area contributed by atoms with E-state index < -0.39 is 0 Å². The Morgan fingerprint density at radius 3 is 1.70 bits per heavy atom. The predicted octanol–water partition coefficient (Wildman–Crippen LogP) is 19.6. The number of benzene rings is 7. The van der Waals surface area contributed by atoms with E-state index in [1.54, 1.807) is 0 Å². The fraction of sp³-hybridized carbons (Fsp3) is 0.479. The molecular formula is C73H99N5O2. The number of unbranched alkanes of at least 4 members (excludes halogenated alkanes) is 13. The van der Waals surface area contributed by atoms with Gasteiger partial charge in [0.25, 0.3) is 5.91 Å². The standard InChI is InChI=1S/C73H99N5O2/c1-8-15-19-23-29-54(30-24-20-16-9-2)61-43-44-63-69-64(55-33-38-59(39-34-55)75-46-28-27-45-74)49-53(14-7)67-57(51-76-58(31-25-21-17-10-3)32-26-22-18-11-4)37-42-62(71(67)69)70-65(50-66(68(61)72(63)70)73(80)77-52-79)56-35-40-60(41-36-56)78(47-12-5)48-13-6/h12,14,33-44,49-50,52,54,58,75-76H,5,7-11,13,15-32,45-48,51,74H2,1-4,6H3,(H,77,79,80). The third-order valence-electron chi connectivity index (χ3n) is 17.1. The Kier molecular flexibility index (Phi) is 25.0. The predicted molar refractivity (Wildman–Crippen MR) is 350 cm³/mol. The van der Waals surface area contributed by atoms with E-state index in [4.69, 9.17) is 5.73 Å². The minimum atomic E-state index is -0.369. The average molecular weight is 1080 g/mol. The number of amides is 2. The Balaban J connectivity index is 1.60. The molecule has 7 aromatic rings. The number of carbonyl (C=O) groups is 2. The Labute approximate surface area is 482 Å². The zero-order valence-electron chi connectivity index (χ0n) is 50.0. The molecule has 0 bridgehead atoms. The molecule has 7 rings (SSSR count). The van der Waals surface area contributed by atoms with Crippen molar-refractivity contribution < 1.29 is 9.59 Å². The van der Waals surface area contributed by atoms with Crippen LogP contribution in [-0.2, 0) is 11.3 Å². The van der Waals surface area contributed by atoms with Gasteiger partial charge in [-0.25, -0.2) is 0 Å². The van der Waals surface area contributed by atoms with Crippen LogP contribution in [0.4, 0.5) is 11.4 Å². The Bertz CT molecular complexity index is 3020. The second-order valence-electron chi connectivity index (χ2n) is 23.0. The summed E-state index contributed by atoms with van der Waals surface area (Å²) in [5.41, 5.74) is 16.5. The van der Waals surface area contributed by atoms with Gasteiger partial charge in [0, 0.05) is 49.2 Å². The number of anilines is 2. The van der Waals surface area contributed by atoms with Crippen LogP contribution in [-0.4, -0.2) is 44.5 Å². The quantitative estimate of drug-likeness (QED) is 0.0101. The Morgan fingerprint density at radius 2 is 1.15 bits per heavy atom. The number of hydrogen-bond donors (Lipinski definition) is 4. The maximum Gasteiger partial charge on any atom is 0.258 e. The summed E-state index contributed by atoms with van der Waals surface area (Å²) < 4.78 is 0. The second kappa shape index (κ2) is 32.4. The summed E-state index contributed by atoms with van der Waals surface area (Å²) in [6.45, 7) is 24.0. The minimum Gasteiger partial charge on any atom is -0.385 e. The van der Waals surface area contributed by atoms with E-state index in [9.17, 15) is 9.59 Å². The van der Waals surface area contributed by atoms with Gasteiger partial charge in [-0.15, -0.1) is 6.58 Å². The summed E-state index contributed by atoms with van der Waals surface area (Å²) in [7, 11) is 0. The molecule has 0 fully saturated rings. The lowest BCUT2D eigenvalue weighted by Gasteiger charge is -2.27. The molecular weight excluding hydrogens is 979 g/mol. The van der Waals surface area contributed by atoms with Crippen molar-refractivity contribution in [1.29, 1.82) is 0 Å². The lowest BCUT2D eigenvalue weighted by atomic mass is 9.77. The highest BCUT2D eigenvalue weighted by molar-refractivity contribution is 6.40. The highest BCUT2D eigenvalue weighted by Gasteiger charge is 2.29. The summed E-state index contributed by atoms with van der Waals surface area (Å²) in [5, 5.41) is 19.6. The fourth-order valence-corrected chi connectivity index (χ4v) is 12.9. The van der Waals surface area contributed by atoms with E-state index in [0.29, 0.717) is 24.6 Å². The van der Waals surface area contributed by atoms with Gasteiger partial charge in [0.1, 0.15) is 0 Å². The monoisotopic (exact) mass is 1080 g/mol. The van der Waals surface area contributed by atoms with E-state index in [1.807, 2.05) is 6.08 Å². The molecule has 0 heterocycles. The number of nitrogens with one attached hydrogen (secondary N) is 3. The number of hydrogen-bond acceptors (Lipinski definition) is 6. The summed E-state index contributed by atoms with van der Waals surface area (Å²) >= 11 is 0. The van der Waals surface area contributed by atoms with Gasteiger partial charge >= 0.3 is 0 Å². The largest absolute Gasteiger partial charge is 0.385 e. The first-order valence-corrected chi connectivity index (χ1v) is 31.7. The molecule has 7 aromatic carbocycles. The number of nitrogens with zero attached hydrogens (tertiary/aromatic N) is 1. The third kappa shape index (κ3) is 15.3. The van der Waals surface area contributed by atoms with Gasteiger partial charge in [0.15, 0.2) is 0 Å². The van der Waals surface area contributed by atoms with Crippen molar-refractivity contribution in [3.63, 3.8) is 0 Å². The molecule has 0 atom stereocenters. The van der Waals surface area contributed by atoms with Crippen LogP contribution in [0.1, 0.15) is 215 Å². The summed E-state index contributed by atoms with van der Waals surface area (Å²) in [6, 6.07) is 32.4. The molecule has 0 spiro atoms.